The molecule has 0 aliphatic carbocycles. The van der Waals surface area contributed by atoms with Crippen molar-refractivity contribution in [2.24, 2.45) is 0 Å². The SMILES string of the molecule is O=C(O)CCO.O=Cc1ccccc1. The second-order valence-corrected chi connectivity index (χ2v) is 2.40. The van der Waals surface area contributed by atoms with Gasteiger partial charge in [-0.3, -0.25) is 9.59 Å². The number of aliphatic hydroxyl groups is 1. The Labute approximate surface area is 81.8 Å². The van der Waals surface area contributed by atoms with Crippen LogP contribution < -0.4 is 0 Å². The highest BCUT2D eigenvalue weighted by molar-refractivity contribution is 5.74. The molecule has 0 amide bonds. The van der Waals surface area contributed by atoms with Gasteiger partial charge in [0.15, 0.2) is 0 Å². The number of carbonyl (C=O) groups excluding carboxylic acids is 1. The number of aliphatic hydroxyl groups excluding tert-OH is 1. The highest BCUT2D eigenvalue weighted by Gasteiger charge is 1.88. The predicted molar refractivity (Wildman–Crippen MR) is 51.2 cm³/mol. The van der Waals surface area contributed by atoms with Crippen LogP contribution in [-0.2, 0) is 4.79 Å². The van der Waals surface area contributed by atoms with E-state index in [4.69, 9.17) is 10.2 Å². The molecule has 0 aliphatic heterocycles. The lowest BCUT2D eigenvalue weighted by Gasteiger charge is -1.81. The maximum atomic E-state index is 10.0. The van der Waals surface area contributed by atoms with Crippen molar-refractivity contribution in [1.82, 2.24) is 0 Å². The minimum absolute atomic E-state index is 0.153. The molecule has 14 heavy (non-hydrogen) atoms. The van der Waals surface area contributed by atoms with E-state index in [0.717, 1.165) is 11.8 Å². The highest BCUT2D eigenvalue weighted by atomic mass is 16.4. The Bertz CT molecular complexity index is 269. The van der Waals surface area contributed by atoms with Crippen LogP contribution in [0.4, 0.5) is 0 Å². The summed E-state index contributed by atoms with van der Waals surface area (Å²) in [6, 6.07) is 9.10. The molecule has 0 heterocycles. The van der Waals surface area contributed by atoms with E-state index in [1.54, 1.807) is 12.1 Å². The molecule has 1 aromatic carbocycles. The van der Waals surface area contributed by atoms with Gasteiger partial charge in [0.25, 0.3) is 0 Å². The lowest BCUT2D eigenvalue weighted by atomic mass is 10.2. The van der Waals surface area contributed by atoms with Crippen molar-refractivity contribution in [2.75, 3.05) is 6.61 Å². The van der Waals surface area contributed by atoms with Crippen LogP contribution in [0.5, 0.6) is 0 Å². The number of aliphatic carboxylic acids is 1. The van der Waals surface area contributed by atoms with Crippen LogP contribution in [0.25, 0.3) is 0 Å². The summed E-state index contributed by atoms with van der Waals surface area (Å²) in [5.74, 6) is -0.961. The monoisotopic (exact) mass is 196 g/mol. The van der Waals surface area contributed by atoms with Gasteiger partial charge in [-0.05, 0) is 0 Å². The molecule has 1 aromatic rings. The molecule has 0 aliphatic rings. The third kappa shape index (κ3) is 7.00. The Morgan fingerprint density at radius 2 is 1.86 bits per heavy atom. The summed E-state index contributed by atoms with van der Waals surface area (Å²) in [4.78, 5) is 19.4. The molecule has 0 aromatic heterocycles. The normalized spacial score (nSPS) is 8.36. The minimum Gasteiger partial charge on any atom is -0.481 e. The van der Waals surface area contributed by atoms with Gasteiger partial charge in [-0.25, -0.2) is 0 Å². The first kappa shape index (κ1) is 12.3. The fourth-order valence-electron chi connectivity index (χ4n) is 0.627. The Morgan fingerprint density at radius 3 is 2.07 bits per heavy atom. The van der Waals surface area contributed by atoms with Crippen LogP contribution in [0.3, 0.4) is 0 Å². The molecule has 0 saturated carbocycles. The van der Waals surface area contributed by atoms with Gasteiger partial charge in [0, 0.05) is 5.56 Å². The minimum atomic E-state index is -0.961. The smallest absolute Gasteiger partial charge is 0.305 e. The number of benzene rings is 1. The van der Waals surface area contributed by atoms with E-state index in [9.17, 15) is 9.59 Å². The highest BCUT2D eigenvalue weighted by Crippen LogP contribution is 1.91. The van der Waals surface area contributed by atoms with Crippen LogP contribution in [0.2, 0.25) is 0 Å². The number of carbonyl (C=O) groups is 2. The van der Waals surface area contributed by atoms with Gasteiger partial charge in [-0.1, -0.05) is 30.3 Å². The van der Waals surface area contributed by atoms with Gasteiger partial charge < -0.3 is 10.2 Å². The standard InChI is InChI=1S/C7H6O.C3H6O3/c8-6-7-4-2-1-3-5-7;4-2-1-3(5)6/h1-6H;4H,1-2H2,(H,5,6). The molecule has 0 bridgehead atoms. The van der Waals surface area contributed by atoms with Gasteiger partial charge in [0.2, 0.25) is 0 Å². The van der Waals surface area contributed by atoms with Gasteiger partial charge in [-0.15, -0.1) is 0 Å². The molecule has 1 rings (SSSR count). The Hall–Kier alpha value is -1.68. The molecule has 0 saturated heterocycles. The van der Waals surface area contributed by atoms with E-state index in [0.29, 0.717) is 0 Å². The van der Waals surface area contributed by atoms with Crippen molar-refractivity contribution >= 4 is 12.3 Å². The van der Waals surface area contributed by atoms with Gasteiger partial charge in [0.05, 0.1) is 13.0 Å². The number of carboxylic acids is 1. The topological polar surface area (TPSA) is 74.6 Å². The number of aldehydes is 1. The van der Waals surface area contributed by atoms with Gasteiger partial charge in [-0.2, -0.15) is 0 Å². The van der Waals surface area contributed by atoms with Crippen molar-refractivity contribution in [3.63, 3.8) is 0 Å². The van der Waals surface area contributed by atoms with E-state index in [-0.39, 0.29) is 13.0 Å². The second-order valence-electron chi connectivity index (χ2n) is 2.40. The van der Waals surface area contributed by atoms with Crippen molar-refractivity contribution in [1.29, 1.82) is 0 Å². The quantitative estimate of drug-likeness (QED) is 0.706. The summed E-state index contributed by atoms with van der Waals surface area (Å²) in [5, 5.41) is 15.6. The summed E-state index contributed by atoms with van der Waals surface area (Å²) < 4.78 is 0. The molecule has 0 atom stereocenters. The van der Waals surface area contributed by atoms with Crippen molar-refractivity contribution in [3.05, 3.63) is 35.9 Å². The molecule has 0 radical (unpaired) electrons. The van der Waals surface area contributed by atoms with Crippen LogP contribution in [0.15, 0.2) is 30.3 Å². The molecule has 76 valence electrons. The number of rotatable bonds is 3. The third-order valence-electron chi connectivity index (χ3n) is 1.26. The van der Waals surface area contributed by atoms with Gasteiger partial charge in [0.1, 0.15) is 6.29 Å². The maximum absolute atomic E-state index is 10.0. The molecule has 0 unspecified atom stereocenters. The summed E-state index contributed by atoms with van der Waals surface area (Å²) in [5.41, 5.74) is 0.729. The maximum Gasteiger partial charge on any atom is 0.305 e. The Kier molecular flexibility index (Phi) is 6.99. The lowest BCUT2D eigenvalue weighted by Crippen LogP contribution is -1.96. The average Bonchev–Trinajstić information content (AvgIpc) is 2.20. The first-order valence-corrected chi connectivity index (χ1v) is 4.03. The van der Waals surface area contributed by atoms with Crippen molar-refractivity contribution in [3.8, 4) is 0 Å². The average molecular weight is 196 g/mol. The van der Waals surface area contributed by atoms with E-state index in [1.165, 1.54) is 0 Å². The zero-order chi connectivity index (χ0) is 10.8. The van der Waals surface area contributed by atoms with Gasteiger partial charge >= 0.3 is 5.97 Å². The summed E-state index contributed by atoms with van der Waals surface area (Å²) in [6.07, 6.45) is 0.681. The number of carboxylic acid groups (broad SMARTS) is 1. The van der Waals surface area contributed by atoms with E-state index in [1.807, 2.05) is 18.2 Å². The molecule has 4 heteroatoms. The van der Waals surface area contributed by atoms with Crippen molar-refractivity contribution in [2.45, 2.75) is 6.42 Å². The van der Waals surface area contributed by atoms with Crippen LogP contribution in [0.1, 0.15) is 16.8 Å². The molecular formula is C10H12O4. The Balaban J connectivity index is 0.000000255. The molecule has 2 N–H and O–H groups in total. The predicted octanol–water partition coefficient (Wildman–Crippen LogP) is 0.953. The first-order valence-electron chi connectivity index (χ1n) is 4.03. The zero-order valence-electron chi connectivity index (χ0n) is 7.59. The largest absolute Gasteiger partial charge is 0.481 e. The molecule has 0 fully saturated rings. The fourth-order valence-corrected chi connectivity index (χ4v) is 0.627. The molecular weight excluding hydrogens is 184 g/mol. The molecule has 0 spiro atoms. The fraction of sp³-hybridized carbons (Fsp3) is 0.200. The second kappa shape index (κ2) is 7.94. The lowest BCUT2D eigenvalue weighted by molar-refractivity contribution is -0.137. The van der Waals surface area contributed by atoms with E-state index >= 15 is 0 Å². The van der Waals surface area contributed by atoms with Crippen LogP contribution in [-0.4, -0.2) is 29.1 Å². The summed E-state index contributed by atoms with van der Waals surface area (Å²) in [6.45, 7) is -0.269. The van der Waals surface area contributed by atoms with E-state index in [2.05, 4.69) is 0 Å². The zero-order valence-corrected chi connectivity index (χ0v) is 7.59. The molecule has 4 nitrogen and oxygen atoms in total. The number of hydrogen-bond acceptors (Lipinski definition) is 3. The third-order valence-corrected chi connectivity index (χ3v) is 1.26. The van der Waals surface area contributed by atoms with Crippen LogP contribution >= 0.6 is 0 Å². The summed E-state index contributed by atoms with van der Waals surface area (Å²) >= 11 is 0. The Morgan fingerprint density at radius 1 is 1.29 bits per heavy atom. The summed E-state index contributed by atoms with van der Waals surface area (Å²) in [7, 11) is 0. The van der Waals surface area contributed by atoms with E-state index < -0.39 is 5.97 Å². The van der Waals surface area contributed by atoms with Crippen LogP contribution in [0, 0.1) is 0 Å². The first-order chi connectivity index (χ1) is 6.70. The number of hydrogen-bond donors (Lipinski definition) is 2. The van der Waals surface area contributed by atoms with Crippen molar-refractivity contribution < 1.29 is 19.8 Å².